The number of alkyl halides is 1. The Morgan fingerprint density at radius 3 is 2.67 bits per heavy atom. The third-order valence-electron chi connectivity index (χ3n) is 7.13. The minimum atomic E-state index is -0.413. The number of anilines is 1. The maximum Gasteiger partial charge on any atom is 0.142 e. The predicted octanol–water partition coefficient (Wildman–Crippen LogP) is 7.17. The molecule has 0 saturated carbocycles. The molecule has 3 aromatic carbocycles. The third kappa shape index (κ3) is 5.28. The molecular weight excluding hydrogens is 478 g/mol. The zero-order valence-corrected chi connectivity index (χ0v) is 21.0. The fraction of sp³-hybridized carbons (Fsp3) is 0.333. The largest absolute Gasteiger partial charge is 0.489 e. The first-order chi connectivity index (χ1) is 17.5. The molecule has 1 unspecified atom stereocenters. The molecule has 1 aliphatic heterocycles. The van der Waals surface area contributed by atoms with Gasteiger partial charge in [0, 0.05) is 25.3 Å². The van der Waals surface area contributed by atoms with E-state index in [4.69, 9.17) is 22.1 Å². The summed E-state index contributed by atoms with van der Waals surface area (Å²) in [7, 11) is 0. The van der Waals surface area contributed by atoms with Crippen LogP contribution in [-0.2, 0) is 6.42 Å². The Labute approximate surface area is 216 Å². The second-order valence-corrected chi connectivity index (χ2v) is 10.00. The van der Waals surface area contributed by atoms with Gasteiger partial charge >= 0.3 is 0 Å². The average Bonchev–Trinajstić information content (AvgIpc) is 3.24. The standard InChI is InChI=1S/C30H31ClF2N2O/c31-30-27(6-2-7-28(30)33)26-5-1-4-21-18-22(34)10-13-25(21)29(26)20-8-11-23(12-9-20)36-24-14-17-35(19-24)16-3-15-32/h2,6-13,18,24H,1,3-5,14-17,19,34H2. The molecular formula is C30H31ClF2N2O. The van der Waals surface area contributed by atoms with Crippen LogP contribution in [0.15, 0.2) is 60.7 Å². The third-order valence-corrected chi connectivity index (χ3v) is 7.52. The molecule has 0 amide bonds. The molecule has 0 aromatic heterocycles. The van der Waals surface area contributed by atoms with Crippen LogP contribution in [0.25, 0.3) is 11.1 Å². The van der Waals surface area contributed by atoms with Crippen molar-refractivity contribution < 1.29 is 13.5 Å². The fourth-order valence-corrected chi connectivity index (χ4v) is 5.66. The van der Waals surface area contributed by atoms with Gasteiger partial charge in [0.2, 0.25) is 0 Å². The molecule has 6 heteroatoms. The molecule has 2 N–H and O–H groups in total. The van der Waals surface area contributed by atoms with E-state index < -0.39 is 5.82 Å². The second-order valence-electron chi connectivity index (χ2n) is 9.62. The highest BCUT2D eigenvalue weighted by atomic mass is 35.5. The summed E-state index contributed by atoms with van der Waals surface area (Å²) < 4.78 is 33.2. The van der Waals surface area contributed by atoms with Crippen LogP contribution >= 0.6 is 11.6 Å². The molecule has 2 aliphatic rings. The lowest BCUT2D eigenvalue weighted by atomic mass is 9.87. The van der Waals surface area contributed by atoms with Gasteiger partial charge in [0.05, 0.1) is 11.7 Å². The van der Waals surface area contributed by atoms with Crippen molar-refractivity contribution in [1.82, 2.24) is 4.90 Å². The van der Waals surface area contributed by atoms with Gasteiger partial charge < -0.3 is 10.5 Å². The molecule has 1 fully saturated rings. The molecule has 3 aromatic rings. The summed E-state index contributed by atoms with van der Waals surface area (Å²) in [6.45, 7) is 2.26. The molecule has 1 saturated heterocycles. The number of rotatable bonds is 7. The maximum absolute atomic E-state index is 14.4. The minimum absolute atomic E-state index is 0.109. The number of allylic oxidation sites excluding steroid dienone is 1. The van der Waals surface area contributed by atoms with Crippen LogP contribution in [-0.4, -0.2) is 37.3 Å². The van der Waals surface area contributed by atoms with E-state index in [0.29, 0.717) is 6.42 Å². The monoisotopic (exact) mass is 508 g/mol. The molecule has 0 spiro atoms. The summed E-state index contributed by atoms with van der Waals surface area (Å²) in [6.07, 6.45) is 4.21. The van der Waals surface area contributed by atoms with Gasteiger partial charge in [-0.25, -0.2) is 4.39 Å². The van der Waals surface area contributed by atoms with Gasteiger partial charge in [0.25, 0.3) is 0 Å². The van der Waals surface area contributed by atoms with Crippen LogP contribution in [0.5, 0.6) is 5.75 Å². The van der Waals surface area contributed by atoms with Crippen molar-refractivity contribution in [3.63, 3.8) is 0 Å². The number of ether oxygens (including phenoxy) is 1. The number of benzene rings is 3. The lowest BCUT2D eigenvalue weighted by molar-refractivity contribution is 0.198. The summed E-state index contributed by atoms with van der Waals surface area (Å²) in [5, 5.41) is 0.155. The number of nitrogens with zero attached hydrogens (tertiary/aromatic N) is 1. The van der Waals surface area contributed by atoms with Crippen molar-refractivity contribution in [1.29, 1.82) is 0 Å². The highest BCUT2D eigenvalue weighted by molar-refractivity contribution is 6.33. The minimum Gasteiger partial charge on any atom is -0.489 e. The molecule has 0 bridgehead atoms. The Morgan fingerprint density at radius 1 is 1.03 bits per heavy atom. The lowest BCUT2D eigenvalue weighted by Crippen LogP contribution is -2.26. The van der Waals surface area contributed by atoms with E-state index >= 15 is 0 Å². The predicted molar refractivity (Wildman–Crippen MR) is 144 cm³/mol. The quantitative estimate of drug-likeness (QED) is 0.344. The molecule has 0 radical (unpaired) electrons. The molecule has 3 nitrogen and oxygen atoms in total. The molecule has 1 atom stereocenters. The van der Waals surface area contributed by atoms with E-state index in [2.05, 4.69) is 23.1 Å². The first-order valence-corrected chi connectivity index (χ1v) is 13.0. The normalized spacial score (nSPS) is 18.2. The van der Waals surface area contributed by atoms with Gasteiger partial charge in [-0.1, -0.05) is 41.9 Å². The van der Waals surface area contributed by atoms with Crippen LogP contribution in [0, 0.1) is 5.82 Å². The number of likely N-dealkylation sites (tertiary alicyclic amines) is 1. The van der Waals surface area contributed by atoms with Gasteiger partial charge in [0.15, 0.2) is 0 Å². The van der Waals surface area contributed by atoms with E-state index in [1.54, 1.807) is 6.07 Å². The van der Waals surface area contributed by atoms with Crippen molar-refractivity contribution in [2.24, 2.45) is 0 Å². The molecule has 188 valence electrons. The van der Waals surface area contributed by atoms with Crippen molar-refractivity contribution >= 4 is 28.4 Å². The van der Waals surface area contributed by atoms with Gasteiger partial charge in [-0.2, -0.15) is 0 Å². The molecule has 5 rings (SSSR count). The number of hydrogen-bond acceptors (Lipinski definition) is 3. The van der Waals surface area contributed by atoms with Crippen LogP contribution < -0.4 is 10.5 Å². The van der Waals surface area contributed by atoms with E-state index in [1.807, 2.05) is 30.3 Å². The van der Waals surface area contributed by atoms with Crippen molar-refractivity contribution in [2.45, 2.75) is 38.2 Å². The van der Waals surface area contributed by atoms with Gasteiger partial charge in [0.1, 0.15) is 17.7 Å². The van der Waals surface area contributed by atoms with Crippen molar-refractivity contribution in [3.8, 4) is 5.75 Å². The van der Waals surface area contributed by atoms with E-state index in [0.717, 1.165) is 84.6 Å². The number of hydrogen-bond donors (Lipinski definition) is 1. The van der Waals surface area contributed by atoms with Crippen LogP contribution in [0.2, 0.25) is 5.02 Å². The highest BCUT2D eigenvalue weighted by Gasteiger charge is 2.25. The molecule has 1 aliphatic carbocycles. The first kappa shape index (κ1) is 24.8. The Morgan fingerprint density at radius 2 is 1.86 bits per heavy atom. The number of fused-ring (bicyclic) bond motifs is 1. The lowest BCUT2D eigenvalue weighted by Gasteiger charge is -2.19. The van der Waals surface area contributed by atoms with Crippen molar-refractivity contribution in [2.75, 3.05) is 32.0 Å². The number of nitrogens with two attached hydrogens (primary N) is 1. The Kier molecular flexibility index (Phi) is 7.59. The Balaban J connectivity index is 1.50. The number of nitrogen functional groups attached to an aromatic ring is 1. The smallest absolute Gasteiger partial charge is 0.142 e. The van der Waals surface area contributed by atoms with Crippen molar-refractivity contribution in [3.05, 3.63) is 93.8 Å². The van der Waals surface area contributed by atoms with Gasteiger partial charge in [-0.3, -0.25) is 9.29 Å². The summed E-state index contributed by atoms with van der Waals surface area (Å²) in [5.41, 5.74) is 13.0. The number of halogens is 3. The molecule has 1 heterocycles. The summed E-state index contributed by atoms with van der Waals surface area (Å²) in [5.74, 6) is 0.400. The highest BCUT2D eigenvalue weighted by Crippen LogP contribution is 2.42. The zero-order valence-electron chi connectivity index (χ0n) is 20.3. The van der Waals surface area contributed by atoms with E-state index in [-0.39, 0.29) is 17.8 Å². The van der Waals surface area contributed by atoms with Crippen LogP contribution in [0.3, 0.4) is 0 Å². The van der Waals surface area contributed by atoms with Gasteiger partial charge in [-0.15, -0.1) is 0 Å². The topological polar surface area (TPSA) is 38.5 Å². The maximum atomic E-state index is 14.4. The van der Waals surface area contributed by atoms with Crippen LogP contribution in [0.1, 0.15) is 47.9 Å². The Hall–Kier alpha value is -2.89. The Bertz CT molecular complexity index is 1260. The second kappa shape index (κ2) is 11.0. The summed E-state index contributed by atoms with van der Waals surface area (Å²) in [6, 6.07) is 19.2. The number of aryl methyl sites for hydroxylation is 1. The van der Waals surface area contributed by atoms with Gasteiger partial charge in [-0.05, 0) is 95.8 Å². The zero-order chi connectivity index (χ0) is 25.1. The fourth-order valence-electron chi connectivity index (χ4n) is 5.42. The molecule has 36 heavy (non-hydrogen) atoms. The first-order valence-electron chi connectivity index (χ1n) is 12.6. The average molecular weight is 509 g/mol. The van der Waals surface area contributed by atoms with E-state index in [1.165, 1.54) is 11.6 Å². The SMILES string of the molecule is Nc1ccc2c(c1)CCCC(c1cccc(F)c1Cl)=C2c1ccc(OC2CCN(CCCF)C2)cc1. The van der Waals surface area contributed by atoms with Crippen LogP contribution in [0.4, 0.5) is 14.5 Å². The summed E-state index contributed by atoms with van der Waals surface area (Å²) >= 11 is 6.47. The van der Waals surface area contributed by atoms with E-state index in [9.17, 15) is 8.78 Å². The summed E-state index contributed by atoms with van der Waals surface area (Å²) in [4.78, 5) is 2.26.